The lowest BCUT2D eigenvalue weighted by Crippen LogP contribution is -2.57. The van der Waals surface area contributed by atoms with Gasteiger partial charge in [0.2, 0.25) is 0 Å². The Morgan fingerprint density at radius 1 is 1.41 bits per heavy atom. The van der Waals surface area contributed by atoms with Crippen molar-refractivity contribution in [2.75, 3.05) is 18.1 Å². The number of amides is 1. The van der Waals surface area contributed by atoms with E-state index in [1.54, 1.807) is 24.8 Å². The molecule has 1 amide bonds. The van der Waals surface area contributed by atoms with Crippen molar-refractivity contribution in [3.63, 3.8) is 0 Å². The number of carbonyl (C=O) groups excluding carboxylic acids is 1. The fourth-order valence-electron chi connectivity index (χ4n) is 2.28. The molecule has 1 saturated heterocycles. The molecule has 0 spiro atoms. The number of carboxylic acid groups (broad SMARTS) is 1. The molecule has 1 aromatic rings. The van der Waals surface area contributed by atoms with Crippen molar-refractivity contribution >= 4 is 23.6 Å². The van der Waals surface area contributed by atoms with Crippen molar-refractivity contribution in [3.8, 4) is 5.75 Å². The van der Waals surface area contributed by atoms with Crippen LogP contribution in [0.2, 0.25) is 0 Å². The van der Waals surface area contributed by atoms with Gasteiger partial charge in [0.15, 0.2) is 18.2 Å². The highest BCUT2D eigenvalue weighted by Crippen LogP contribution is 2.27. The predicted molar refractivity (Wildman–Crippen MR) is 81.7 cm³/mol. The number of carboxylic acids is 1. The van der Waals surface area contributed by atoms with Gasteiger partial charge >= 0.3 is 5.97 Å². The lowest BCUT2D eigenvalue weighted by Gasteiger charge is -2.33. The number of ether oxygens (including phenoxy) is 1. The van der Waals surface area contributed by atoms with Crippen molar-refractivity contribution in [2.24, 2.45) is 0 Å². The number of benzene rings is 1. The summed E-state index contributed by atoms with van der Waals surface area (Å²) in [4.78, 5) is 23.4. The predicted octanol–water partition coefficient (Wildman–Crippen LogP) is 1.98. The van der Waals surface area contributed by atoms with Crippen LogP contribution in [-0.4, -0.2) is 40.6 Å². The summed E-state index contributed by atoms with van der Waals surface area (Å²) in [5, 5.41) is 11.9. The summed E-state index contributed by atoms with van der Waals surface area (Å²) in [6, 6.07) is 4.36. The smallest absolute Gasteiger partial charge is 0.329 e. The highest BCUT2D eigenvalue weighted by molar-refractivity contribution is 7.99. The van der Waals surface area contributed by atoms with Crippen LogP contribution in [0.1, 0.15) is 18.4 Å². The average molecular weight is 327 g/mol. The Morgan fingerprint density at radius 2 is 2.09 bits per heavy atom. The van der Waals surface area contributed by atoms with Gasteiger partial charge in [-0.3, -0.25) is 4.79 Å². The maximum absolute atomic E-state index is 13.5. The van der Waals surface area contributed by atoms with Crippen LogP contribution in [0.25, 0.3) is 0 Å². The number of rotatable bonds is 5. The number of hydrogen-bond acceptors (Lipinski definition) is 4. The molecule has 120 valence electrons. The molecular weight excluding hydrogens is 309 g/mol. The third-order valence-corrected chi connectivity index (χ3v) is 4.57. The van der Waals surface area contributed by atoms with Gasteiger partial charge in [0.05, 0.1) is 0 Å². The Morgan fingerprint density at radius 3 is 2.73 bits per heavy atom. The number of hydrogen-bond donors (Lipinski definition) is 2. The zero-order chi connectivity index (χ0) is 16.2. The first-order chi connectivity index (χ1) is 10.4. The van der Waals surface area contributed by atoms with E-state index >= 15 is 0 Å². The van der Waals surface area contributed by atoms with E-state index in [1.807, 2.05) is 0 Å². The number of nitrogens with one attached hydrogen (secondary N) is 1. The number of thioether (sulfide) groups is 1. The van der Waals surface area contributed by atoms with Crippen molar-refractivity contribution in [2.45, 2.75) is 25.3 Å². The monoisotopic (exact) mass is 327 g/mol. The van der Waals surface area contributed by atoms with Gasteiger partial charge in [0.25, 0.3) is 5.91 Å². The highest BCUT2D eigenvalue weighted by atomic mass is 32.2. The van der Waals surface area contributed by atoms with Crippen LogP contribution < -0.4 is 10.1 Å². The molecule has 1 aliphatic heterocycles. The molecule has 5 nitrogen and oxygen atoms in total. The van der Waals surface area contributed by atoms with Crippen LogP contribution in [0.15, 0.2) is 18.2 Å². The van der Waals surface area contributed by atoms with E-state index in [9.17, 15) is 19.1 Å². The largest absolute Gasteiger partial charge is 0.481 e. The molecule has 2 N–H and O–H groups in total. The zero-order valence-corrected chi connectivity index (χ0v) is 13.0. The third kappa shape index (κ3) is 3.91. The van der Waals surface area contributed by atoms with Crippen molar-refractivity contribution in [3.05, 3.63) is 29.6 Å². The molecule has 2 rings (SSSR count). The van der Waals surface area contributed by atoms with Gasteiger partial charge in [-0.1, -0.05) is 6.07 Å². The summed E-state index contributed by atoms with van der Waals surface area (Å²) in [6.07, 6.45) is 0.745. The molecule has 1 aromatic carbocycles. The molecule has 0 bridgehead atoms. The van der Waals surface area contributed by atoms with Crippen LogP contribution >= 0.6 is 11.8 Å². The van der Waals surface area contributed by atoms with Crippen LogP contribution in [0.3, 0.4) is 0 Å². The Labute approximate surface area is 132 Å². The quantitative estimate of drug-likeness (QED) is 0.865. The molecule has 0 aliphatic carbocycles. The number of halogens is 1. The van der Waals surface area contributed by atoms with Gasteiger partial charge in [-0.15, -0.1) is 0 Å². The third-order valence-electron chi connectivity index (χ3n) is 3.58. The van der Waals surface area contributed by atoms with Crippen LogP contribution in [0.5, 0.6) is 5.75 Å². The van der Waals surface area contributed by atoms with E-state index < -0.39 is 29.8 Å². The van der Waals surface area contributed by atoms with Gasteiger partial charge in [-0.05, 0) is 49.0 Å². The molecule has 0 radical (unpaired) electrons. The van der Waals surface area contributed by atoms with Gasteiger partial charge in [0, 0.05) is 0 Å². The van der Waals surface area contributed by atoms with E-state index in [0.717, 1.165) is 5.56 Å². The molecule has 0 saturated carbocycles. The standard InChI is InChI=1S/C15H18FNO4S/c1-10-2-3-11(16)12(8-10)21-9-13(18)17-15(14(19)20)4-6-22-7-5-15/h2-3,8H,4-7,9H2,1H3,(H,17,18)(H,19,20). The average Bonchev–Trinajstić information content (AvgIpc) is 2.49. The Balaban J connectivity index is 1.97. The summed E-state index contributed by atoms with van der Waals surface area (Å²) < 4.78 is 18.7. The zero-order valence-electron chi connectivity index (χ0n) is 12.2. The minimum absolute atomic E-state index is 0.0151. The molecule has 7 heteroatoms. The normalized spacial score (nSPS) is 16.8. The summed E-state index contributed by atoms with van der Waals surface area (Å²) in [6.45, 7) is 1.37. The van der Waals surface area contributed by atoms with Gasteiger partial charge in [-0.25, -0.2) is 9.18 Å². The second-order valence-corrected chi connectivity index (χ2v) is 6.50. The molecule has 1 aliphatic rings. The van der Waals surface area contributed by atoms with Crippen LogP contribution in [-0.2, 0) is 9.59 Å². The molecule has 1 fully saturated rings. The van der Waals surface area contributed by atoms with Crippen molar-refractivity contribution in [1.82, 2.24) is 5.32 Å². The lowest BCUT2D eigenvalue weighted by molar-refractivity contribution is -0.148. The number of aliphatic carboxylic acids is 1. The molecule has 0 aromatic heterocycles. The van der Waals surface area contributed by atoms with Crippen LogP contribution in [0.4, 0.5) is 4.39 Å². The van der Waals surface area contributed by atoms with E-state index in [4.69, 9.17) is 4.74 Å². The van der Waals surface area contributed by atoms with Crippen molar-refractivity contribution in [1.29, 1.82) is 0 Å². The molecule has 1 heterocycles. The number of aryl methyl sites for hydroxylation is 1. The lowest BCUT2D eigenvalue weighted by atomic mass is 9.92. The van der Waals surface area contributed by atoms with Gasteiger partial charge in [0.1, 0.15) is 5.54 Å². The minimum atomic E-state index is -1.24. The first-order valence-electron chi connectivity index (χ1n) is 6.94. The first-order valence-corrected chi connectivity index (χ1v) is 8.09. The summed E-state index contributed by atoms with van der Waals surface area (Å²) in [5.41, 5.74) is -0.431. The fraction of sp³-hybridized carbons (Fsp3) is 0.467. The van der Waals surface area contributed by atoms with E-state index in [2.05, 4.69) is 5.32 Å². The second kappa shape index (κ2) is 7.00. The summed E-state index contributed by atoms with van der Waals surface area (Å²) in [5.74, 6) is -0.808. The second-order valence-electron chi connectivity index (χ2n) is 5.27. The molecule has 22 heavy (non-hydrogen) atoms. The fourth-order valence-corrected chi connectivity index (χ4v) is 3.47. The SMILES string of the molecule is Cc1ccc(F)c(OCC(=O)NC2(C(=O)O)CCSCC2)c1. The van der Waals surface area contributed by atoms with E-state index in [0.29, 0.717) is 24.3 Å². The number of carbonyl (C=O) groups is 2. The topological polar surface area (TPSA) is 75.6 Å². The van der Waals surface area contributed by atoms with Gasteiger partial charge < -0.3 is 15.2 Å². The van der Waals surface area contributed by atoms with E-state index in [-0.39, 0.29) is 5.75 Å². The highest BCUT2D eigenvalue weighted by Gasteiger charge is 2.41. The maximum Gasteiger partial charge on any atom is 0.329 e. The van der Waals surface area contributed by atoms with E-state index in [1.165, 1.54) is 12.1 Å². The van der Waals surface area contributed by atoms with Crippen LogP contribution in [0, 0.1) is 12.7 Å². The maximum atomic E-state index is 13.5. The Bertz CT molecular complexity index is 573. The molecule has 0 unspecified atom stereocenters. The Kier molecular flexibility index (Phi) is 5.28. The summed E-state index contributed by atoms with van der Waals surface area (Å²) in [7, 11) is 0. The first kappa shape index (κ1) is 16.6. The minimum Gasteiger partial charge on any atom is -0.481 e. The molecular formula is C15H18FNO4S. The van der Waals surface area contributed by atoms with Crippen molar-refractivity contribution < 1.29 is 23.8 Å². The summed E-state index contributed by atoms with van der Waals surface area (Å²) >= 11 is 1.66. The van der Waals surface area contributed by atoms with Gasteiger partial charge in [-0.2, -0.15) is 11.8 Å². The molecule has 0 atom stereocenters. The Hall–Kier alpha value is -1.76.